The molecule has 0 radical (unpaired) electrons. The molecule has 17 heavy (non-hydrogen) atoms. The van der Waals surface area contributed by atoms with Crippen LogP contribution in [0.4, 0.5) is 0 Å². The van der Waals surface area contributed by atoms with Crippen LogP contribution in [-0.2, 0) is 0 Å². The molecular weight excluding hydrogens is 206 g/mol. The van der Waals surface area contributed by atoms with E-state index in [2.05, 4.69) is 23.2 Å². The molecule has 1 nitrogen and oxygen atoms in total. The summed E-state index contributed by atoms with van der Waals surface area (Å²) in [6.45, 7) is 0. The number of fused-ring (bicyclic) bond motifs is 1. The Morgan fingerprint density at radius 3 is 1.65 bits per heavy atom. The smallest absolute Gasteiger partial charge is 0.0453 e. The zero-order chi connectivity index (χ0) is 10.3. The molecule has 0 aliphatic rings. The monoisotopic (exact) mass is 227 g/mol. The molecule has 1 heteroatoms. The summed E-state index contributed by atoms with van der Waals surface area (Å²) in [5, 5.41) is 1.28. The van der Waals surface area contributed by atoms with E-state index in [0.717, 1.165) is 0 Å². The Morgan fingerprint density at radius 2 is 1.12 bits per heavy atom. The second kappa shape index (κ2) is 8.17. The average molecular weight is 227 g/mol. The fourth-order valence-corrected chi connectivity index (χ4v) is 1.38. The van der Waals surface area contributed by atoms with Gasteiger partial charge in [0.15, 0.2) is 0 Å². The Bertz CT molecular complexity index is 440. The molecule has 90 valence electrons. The van der Waals surface area contributed by atoms with Crippen LogP contribution < -0.4 is 0 Å². The van der Waals surface area contributed by atoms with Crippen LogP contribution in [0.2, 0.25) is 0 Å². The normalized spacial score (nSPS) is 8.24. The molecule has 0 unspecified atom stereocenters. The summed E-state index contributed by atoms with van der Waals surface area (Å²) in [6, 6.07) is 22.3. The molecule has 3 rings (SSSR count). The molecule has 0 amide bonds. The van der Waals surface area contributed by atoms with Crippen molar-refractivity contribution in [2.45, 2.75) is 14.9 Å². The fraction of sp³-hybridized carbons (Fsp3) is 0.125. The molecule has 0 atom stereocenters. The van der Waals surface area contributed by atoms with Crippen molar-refractivity contribution in [2.75, 3.05) is 0 Å². The highest BCUT2D eigenvalue weighted by Crippen LogP contribution is 2.09. The molecule has 1 heterocycles. The van der Waals surface area contributed by atoms with Crippen LogP contribution in [0.3, 0.4) is 0 Å². The van der Waals surface area contributed by atoms with Crippen molar-refractivity contribution < 1.29 is 0 Å². The van der Waals surface area contributed by atoms with Crippen molar-refractivity contribution in [3.8, 4) is 0 Å². The van der Waals surface area contributed by atoms with Gasteiger partial charge in [-0.05, 0) is 17.5 Å². The first kappa shape index (κ1) is 15.0. The van der Waals surface area contributed by atoms with Gasteiger partial charge in [-0.2, -0.15) is 0 Å². The zero-order valence-electron chi connectivity index (χ0n) is 8.43. The Kier molecular flexibility index (Phi) is 7.20. The third-order valence-electron chi connectivity index (χ3n) is 2.13. The predicted octanol–water partition coefficient (Wildman–Crippen LogP) is 5.13. The summed E-state index contributed by atoms with van der Waals surface area (Å²) in [6.07, 6.45) is 1.95. The van der Waals surface area contributed by atoms with Crippen LogP contribution >= 0.6 is 0 Å². The van der Waals surface area contributed by atoms with Gasteiger partial charge in [0.05, 0.1) is 0 Å². The summed E-state index contributed by atoms with van der Waals surface area (Å²) < 4.78 is 0. The van der Waals surface area contributed by atoms with Crippen LogP contribution in [0.25, 0.3) is 10.9 Å². The lowest BCUT2D eigenvalue weighted by Gasteiger charge is -1.83. The number of aromatic nitrogens is 1. The number of aromatic amines is 1. The minimum atomic E-state index is 0. The maximum Gasteiger partial charge on any atom is 0.0453 e. The second-order valence-corrected chi connectivity index (χ2v) is 3.22. The van der Waals surface area contributed by atoms with Crippen molar-refractivity contribution in [3.05, 3.63) is 72.9 Å². The van der Waals surface area contributed by atoms with Gasteiger partial charge in [-0.25, -0.2) is 0 Å². The van der Waals surface area contributed by atoms with Gasteiger partial charge >= 0.3 is 0 Å². The van der Waals surface area contributed by atoms with Gasteiger partial charge in [0.25, 0.3) is 0 Å². The number of benzene rings is 2. The van der Waals surface area contributed by atoms with Gasteiger partial charge in [-0.3, -0.25) is 0 Å². The summed E-state index contributed by atoms with van der Waals surface area (Å²) >= 11 is 0. The van der Waals surface area contributed by atoms with Crippen LogP contribution in [0, 0.1) is 0 Å². The predicted molar refractivity (Wildman–Crippen MR) is 78.2 cm³/mol. The highest BCUT2D eigenvalue weighted by Gasteiger charge is 1.86. The molecule has 0 aliphatic heterocycles. The van der Waals surface area contributed by atoms with Crippen LogP contribution in [0.5, 0.6) is 0 Å². The molecule has 1 N–H and O–H groups in total. The van der Waals surface area contributed by atoms with Crippen molar-refractivity contribution in [1.82, 2.24) is 4.98 Å². The summed E-state index contributed by atoms with van der Waals surface area (Å²) in [5.74, 6) is 0. The lowest BCUT2D eigenvalue weighted by Crippen LogP contribution is -1.61. The van der Waals surface area contributed by atoms with Crippen LogP contribution in [-0.4, -0.2) is 4.98 Å². The van der Waals surface area contributed by atoms with E-state index in [-0.39, 0.29) is 14.9 Å². The first-order chi connectivity index (χ1) is 7.47. The maximum absolute atomic E-state index is 3.12. The third kappa shape index (κ3) is 4.56. The molecule has 0 spiro atoms. The first-order valence-electron chi connectivity index (χ1n) is 4.99. The van der Waals surface area contributed by atoms with Gasteiger partial charge < -0.3 is 4.98 Å². The topological polar surface area (TPSA) is 15.8 Å². The number of hydrogen-bond donors (Lipinski definition) is 1. The number of hydrogen-bond acceptors (Lipinski definition) is 0. The number of rotatable bonds is 0. The Labute approximate surface area is 104 Å². The van der Waals surface area contributed by atoms with Crippen molar-refractivity contribution in [2.24, 2.45) is 0 Å². The molecule has 2 aromatic carbocycles. The minimum absolute atomic E-state index is 0. The second-order valence-electron chi connectivity index (χ2n) is 3.22. The van der Waals surface area contributed by atoms with Crippen molar-refractivity contribution in [3.63, 3.8) is 0 Å². The molecule has 0 saturated carbocycles. The van der Waals surface area contributed by atoms with Gasteiger partial charge in [0, 0.05) is 11.7 Å². The van der Waals surface area contributed by atoms with Crippen LogP contribution in [0.1, 0.15) is 14.9 Å². The molecule has 3 aromatic rings. The van der Waals surface area contributed by atoms with E-state index in [1.165, 1.54) is 10.9 Å². The van der Waals surface area contributed by atoms with E-state index in [4.69, 9.17) is 0 Å². The van der Waals surface area contributed by atoms with Gasteiger partial charge in [0.1, 0.15) is 0 Å². The first-order valence-corrected chi connectivity index (χ1v) is 4.99. The van der Waals surface area contributed by atoms with Gasteiger partial charge in [-0.1, -0.05) is 69.5 Å². The molecule has 1 aromatic heterocycles. The largest absolute Gasteiger partial charge is 0.361 e. The highest BCUT2D eigenvalue weighted by molar-refractivity contribution is 5.78. The van der Waals surface area contributed by atoms with E-state index < -0.39 is 0 Å². The lowest BCUT2D eigenvalue weighted by atomic mass is 10.3. The molecule has 0 aliphatic carbocycles. The third-order valence-corrected chi connectivity index (χ3v) is 2.13. The van der Waals surface area contributed by atoms with Crippen LogP contribution in [0.15, 0.2) is 72.9 Å². The van der Waals surface area contributed by atoms with Crippen molar-refractivity contribution >= 4 is 10.9 Å². The number of nitrogens with one attached hydrogen (secondary N) is 1. The quantitative estimate of drug-likeness (QED) is 0.548. The number of H-pyrrole nitrogens is 1. The van der Waals surface area contributed by atoms with E-state index >= 15 is 0 Å². The van der Waals surface area contributed by atoms with E-state index in [1.54, 1.807) is 0 Å². The molecular formula is C16H21N. The summed E-state index contributed by atoms with van der Waals surface area (Å²) in [5.41, 5.74) is 1.21. The molecule has 0 saturated heterocycles. The maximum atomic E-state index is 3.12. The summed E-state index contributed by atoms with van der Waals surface area (Å²) in [4.78, 5) is 3.12. The van der Waals surface area contributed by atoms with E-state index in [9.17, 15) is 0 Å². The van der Waals surface area contributed by atoms with E-state index in [0.29, 0.717) is 0 Å². The Balaban J connectivity index is 0.000000287. The van der Waals surface area contributed by atoms with E-state index in [1.807, 2.05) is 54.7 Å². The fourth-order valence-electron chi connectivity index (χ4n) is 1.38. The summed E-state index contributed by atoms with van der Waals surface area (Å²) in [7, 11) is 0. The standard InChI is InChI=1S/C8H7N.C6H6.2CH4/c1-2-4-8-7(3-1)5-6-9-8;1-2-4-6-5-3-1;;/h1-6,9H;1-6H;2*1H4. The SMILES string of the molecule is C.C.c1ccc2[nH]ccc2c1.c1ccccc1. The Morgan fingerprint density at radius 1 is 0.588 bits per heavy atom. The minimum Gasteiger partial charge on any atom is -0.361 e. The highest BCUT2D eigenvalue weighted by atomic mass is 14.6. The lowest BCUT2D eigenvalue weighted by molar-refractivity contribution is 1.48. The molecule has 0 fully saturated rings. The Hall–Kier alpha value is -2.02. The van der Waals surface area contributed by atoms with Gasteiger partial charge in [0.2, 0.25) is 0 Å². The average Bonchev–Trinajstić information content (AvgIpc) is 2.80. The van der Waals surface area contributed by atoms with Gasteiger partial charge in [-0.15, -0.1) is 0 Å². The zero-order valence-corrected chi connectivity index (χ0v) is 8.43. The van der Waals surface area contributed by atoms with Crippen molar-refractivity contribution in [1.29, 1.82) is 0 Å². The molecule has 0 bridgehead atoms. The number of para-hydroxylation sites is 1.